The highest BCUT2D eigenvalue weighted by molar-refractivity contribution is 6.06. The molecule has 0 aliphatic rings. The number of nitriles is 1. The highest BCUT2D eigenvalue weighted by atomic mass is 19.3. The fourth-order valence-corrected chi connectivity index (χ4v) is 3.21. The monoisotopic (exact) mass is 422 g/mol. The Hall–Kier alpha value is -4.06. The number of carbonyl (C=O) groups is 1. The Balaban J connectivity index is 1.89. The van der Waals surface area contributed by atoms with E-state index in [9.17, 15) is 18.8 Å². The first-order valence-corrected chi connectivity index (χ1v) is 9.42. The number of alkyl halides is 2. The number of aromatic nitrogens is 2. The van der Waals surface area contributed by atoms with Crippen LogP contribution in [0.3, 0.4) is 0 Å². The predicted molar refractivity (Wildman–Crippen MR) is 114 cm³/mol. The van der Waals surface area contributed by atoms with Gasteiger partial charge in [-0.05, 0) is 41.8 Å². The van der Waals surface area contributed by atoms with E-state index >= 15 is 0 Å². The molecule has 0 unspecified atom stereocenters. The number of rotatable bonds is 7. The molecule has 158 valence electrons. The molecule has 0 aliphatic heterocycles. The van der Waals surface area contributed by atoms with E-state index in [-0.39, 0.29) is 11.8 Å². The molecule has 0 bridgehead atoms. The fourth-order valence-electron chi connectivity index (χ4n) is 3.21. The van der Waals surface area contributed by atoms with Crippen LogP contribution < -0.4 is 10.6 Å². The first kappa shape index (κ1) is 21.6. The summed E-state index contributed by atoms with van der Waals surface area (Å²) in [5.74, 6) is -0.402. The molecule has 0 saturated heterocycles. The van der Waals surface area contributed by atoms with Crippen molar-refractivity contribution in [3.63, 3.8) is 0 Å². The maximum absolute atomic E-state index is 12.9. The number of nitrogens with one attached hydrogen (secondary N) is 3. The Morgan fingerprint density at radius 3 is 2.65 bits per heavy atom. The van der Waals surface area contributed by atoms with Crippen LogP contribution in [0.25, 0.3) is 0 Å². The predicted octanol–water partition coefficient (Wildman–Crippen LogP) is 5.27. The van der Waals surface area contributed by atoms with Crippen molar-refractivity contribution >= 4 is 29.2 Å². The number of carbonyl (C=O) groups excluding carboxylic acids is 1. The molecule has 1 aromatic heterocycles. The molecule has 3 N–H and O–H groups in total. The zero-order valence-electron chi connectivity index (χ0n) is 16.9. The summed E-state index contributed by atoms with van der Waals surface area (Å²) in [6.07, 6.45) is 3.50. The van der Waals surface area contributed by atoms with Crippen molar-refractivity contribution in [2.45, 2.75) is 26.3 Å². The minimum atomic E-state index is -2.76. The van der Waals surface area contributed by atoms with Crippen molar-refractivity contribution in [2.24, 2.45) is 0 Å². The van der Waals surface area contributed by atoms with Crippen LogP contribution in [0.15, 0.2) is 48.8 Å². The lowest BCUT2D eigenvalue weighted by Gasteiger charge is -2.15. The van der Waals surface area contributed by atoms with Crippen LogP contribution in [-0.2, 0) is 0 Å². The minimum absolute atomic E-state index is 0.0273. The van der Waals surface area contributed by atoms with E-state index in [0.717, 1.165) is 12.4 Å². The van der Waals surface area contributed by atoms with Gasteiger partial charge in [0.15, 0.2) is 0 Å². The van der Waals surface area contributed by atoms with Gasteiger partial charge in [0.2, 0.25) is 0 Å². The van der Waals surface area contributed by atoms with Crippen molar-refractivity contribution in [2.75, 3.05) is 10.6 Å². The molecule has 0 saturated carbocycles. The third-order valence-corrected chi connectivity index (χ3v) is 4.60. The molecule has 3 rings (SSSR count). The maximum Gasteiger partial charge on any atom is 0.333 e. The van der Waals surface area contributed by atoms with E-state index in [2.05, 4.69) is 21.8 Å². The second-order valence-electron chi connectivity index (χ2n) is 7.05. The zero-order valence-corrected chi connectivity index (χ0v) is 16.9. The average molecular weight is 422 g/mol. The van der Waals surface area contributed by atoms with Gasteiger partial charge < -0.3 is 16.0 Å². The van der Waals surface area contributed by atoms with Crippen molar-refractivity contribution in [3.8, 4) is 6.07 Å². The largest absolute Gasteiger partial charge is 0.352 e. The molecule has 0 aliphatic carbocycles. The van der Waals surface area contributed by atoms with Gasteiger partial charge in [0.25, 0.3) is 5.91 Å². The number of benzene rings is 2. The standard InChI is InChI=1S/C22H20F2N6O/c1-13(2)20-15(10-26)4-3-5-18(20)21(31)29-16-7-6-14(9-25)19(8-16)28-17-11-27-30(12-17)22(23)24/h3-9,11-13,22,25,28H,1-2H3,(H,29,31). The van der Waals surface area contributed by atoms with Crippen molar-refractivity contribution < 1.29 is 13.6 Å². The Bertz CT molecular complexity index is 1160. The second-order valence-corrected chi connectivity index (χ2v) is 7.05. The van der Waals surface area contributed by atoms with Crippen molar-refractivity contribution in [1.82, 2.24) is 9.78 Å². The van der Waals surface area contributed by atoms with Gasteiger partial charge in [-0.2, -0.15) is 19.1 Å². The number of anilines is 3. The smallest absolute Gasteiger partial charge is 0.333 e. The lowest BCUT2D eigenvalue weighted by atomic mass is 9.92. The summed E-state index contributed by atoms with van der Waals surface area (Å²) in [6.45, 7) is 1.06. The van der Waals surface area contributed by atoms with Gasteiger partial charge in [0, 0.05) is 28.7 Å². The van der Waals surface area contributed by atoms with E-state index < -0.39 is 6.55 Å². The summed E-state index contributed by atoms with van der Waals surface area (Å²) in [5, 5.41) is 26.2. The third kappa shape index (κ3) is 4.75. The van der Waals surface area contributed by atoms with Gasteiger partial charge >= 0.3 is 6.55 Å². The number of hydrogen-bond donors (Lipinski definition) is 3. The molecular formula is C22H20F2N6O. The van der Waals surface area contributed by atoms with Gasteiger partial charge in [-0.15, -0.1) is 0 Å². The Morgan fingerprint density at radius 2 is 2.03 bits per heavy atom. The minimum Gasteiger partial charge on any atom is -0.352 e. The first-order valence-electron chi connectivity index (χ1n) is 9.42. The van der Waals surface area contributed by atoms with Crippen LogP contribution >= 0.6 is 0 Å². The normalized spacial score (nSPS) is 10.7. The molecule has 0 atom stereocenters. The third-order valence-electron chi connectivity index (χ3n) is 4.60. The van der Waals surface area contributed by atoms with Gasteiger partial charge in [0.1, 0.15) is 0 Å². The summed E-state index contributed by atoms with van der Waals surface area (Å²) in [7, 11) is 0. The number of nitrogens with zero attached hydrogens (tertiary/aromatic N) is 3. The van der Waals surface area contributed by atoms with E-state index in [1.165, 1.54) is 6.20 Å². The highest BCUT2D eigenvalue weighted by Gasteiger charge is 2.18. The van der Waals surface area contributed by atoms with Gasteiger partial charge in [-0.25, -0.2) is 4.68 Å². The van der Waals surface area contributed by atoms with E-state index in [0.29, 0.717) is 44.0 Å². The van der Waals surface area contributed by atoms with Crippen LogP contribution in [0.4, 0.5) is 25.8 Å². The number of hydrogen-bond acceptors (Lipinski definition) is 5. The summed E-state index contributed by atoms with van der Waals surface area (Å²) in [6, 6.07) is 12.0. The second kappa shape index (κ2) is 9.17. The number of amides is 1. The quantitative estimate of drug-likeness (QED) is 0.451. The molecular weight excluding hydrogens is 402 g/mol. The van der Waals surface area contributed by atoms with E-state index in [4.69, 9.17) is 5.41 Å². The summed E-state index contributed by atoms with van der Waals surface area (Å²) in [5.41, 5.74) is 3.20. The van der Waals surface area contributed by atoms with Crippen LogP contribution in [-0.4, -0.2) is 21.9 Å². The van der Waals surface area contributed by atoms with Gasteiger partial charge in [0.05, 0.1) is 29.7 Å². The fraction of sp³-hybridized carbons (Fsp3) is 0.182. The molecule has 1 amide bonds. The molecule has 7 nitrogen and oxygen atoms in total. The van der Waals surface area contributed by atoms with Crippen LogP contribution in [0.5, 0.6) is 0 Å². The molecule has 0 radical (unpaired) electrons. The molecule has 0 spiro atoms. The topological polar surface area (TPSA) is 107 Å². The van der Waals surface area contributed by atoms with Crippen LogP contribution in [0, 0.1) is 16.7 Å². The molecule has 9 heteroatoms. The zero-order chi connectivity index (χ0) is 22.5. The average Bonchev–Trinajstić information content (AvgIpc) is 3.22. The Labute approximate surface area is 177 Å². The lowest BCUT2D eigenvalue weighted by Crippen LogP contribution is -2.16. The molecule has 0 fully saturated rings. The lowest BCUT2D eigenvalue weighted by molar-refractivity contribution is 0.0566. The highest BCUT2D eigenvalue weighted by Crippen LogP contribution is 2.27. The van der Waals surface area contributed by atoms with Crippen molar-refractivity contribution in [1.29, 1.82) is 10.7 Å². The summed E-state index contributed by atoms with van der Waals surface area (Å²) < 4.78 is 26.0. The van der Waals surface area contributed by atoms with E-state index in [1.54, 1.807) is 36.4 Å². The Kier molecular flexibility index (Phi) is 6.40. The van der Waals surface area contributed by atoms with Gasteiger partial charge in [-0.3, -0.25) is 4.79 Å². The van der Waals surface area contributed by atoms with Gasteiger partial charge in [-0.1, -0.05) is 19.9 Å². The molecule has 31 heavy (non-hydrogen) atoms. The molecule has 1 heterocycles. The van der Waals surface area contributed by atoms with Crippen LogP contribution in [0.2, 0.25) is 0 Å². The molecule has 2 aromatic carbocycles. The SMILES string of the molecule is CC(C)c1c(C#N)cccc1C(=O)Nc1ccc(C=N)c(Nc2cnn(C(F)F)c2)c1. The first-order chi connectivity index (χ1) is 14.8. The van der Waals surface area contributed by atoms with Crippen LogP contribution in [0.1, 0.15) is 53.4 Å². The van der Waals surface area contributed by atoms with E-state index in [1.807, 2.05) is 13.8 Å². The number of halogens is 2. The Morgan fingerprint density at radius 1 is 1.26 bits per heavy atom. The maximum atomic E-state index is 12.9. The molecule has 3 aromatic rings. The summed E-state index contributed by atoms with van der Waals surface area (Å²) >= 11 is 0. The summed E-state index contributed by atoms with van der Waals surface area (Å²) in [4.78, 5) is 12.9. The van der Waals surface area contributed by atoms with Crippen molar-refractivity contribution in [3.05, 3.63) is 71.0 Å².